The van der Waals surface area contributed by atoms with Crippen molar-refractivity contribution in [1.29, 1.82) is 0 Å². The number of hydrogen-bond donors (Lipinski definition) is 2. The summed E-state index contributed by atoms with van der Waals surface area (Å²) in [7, 11) is 0. The first-order chi connectivity index (χ1) is 14.7. The Labute approximate surface area is 177 Å². The quantitative estimate of drug-likeness (QED) is 0.709. The van der Waals surface area contributed by atoms with Crippen molar-refractivity contribution in [1.82, 2.24) is 25.1 Å². The molecule has 4 rings (SSSR count). The van der Waals surface area contributed by atoms with Gasteiger partial charge in [-0.1, -0.05) is 0 Å². The molecule has 0 aliphatic carbocycles. The number of morpholine rings is 1. The van der Waals surface area contributed by atoms with Crippen LogP contribution in [0, 0.1) is 6.92 Å². The number of nitrogens with one attached hydrogen (secondary N) is 2. The highest BCUT2D eigenvalue weighted by Crippen LogP contribution is 2.23. The van der Waals surface area contributed by atoms with Gasteiger partial charge in [-0.3, -0.25) is 15.1 Å². The fourth-order valence-electron chi connectivity index (χ4n) is 3.72. The maximum atomic E-state index is 5.58. The molecule has 2 aliphatic heterocycles. The van der Waals surface area contributed by atoms with Gasteiger partial charge in [0.05, 0.1) is 44.4 Å². The highest BCUT2D eigenvalue weighted by atomic mass is 16.5. The molecule has 2 aliphatic rings. The van der Waals surface area contributed by atoms with Crippen LogP contribution in [0.1, 0.15) is 19.0 Å². The number of fused-ring (bicyclic) bond motifs is 1. The standard InChI is InChI=1S/C21H31N7O2/c1-3-30-17-5-6-19-18(13-17)16(2)24-21(25-19)26-20-22-14-28(15-23-20)8-4-7-27-9-11-29-12-10-27/h5-6,13H,3-4,7-12,14-15H2,1-2H3,(H2,22,23,24,25,26). The minimum atomic E-state index is 0.552. The summed E-state index contributed by atoms with van der Waals surface area (Å²) in [6.45, 7) is 12.0. The lowest BCUT2D eigenvalue weighted by Gasteiger charge is -2.29. The van der Waals surface area contributed by atoms with Gasteiger partial charge in [0, 0.05) is 25.0 Å². The monoisotopic (exact) mass is 413 g/mol. The van der Waals surface area contributed by atoms with E-state index in [9.17, 15) is 0 Å². The number of rotatable bonds is 7. The van der Waals surface area contributed by atoms with Gasteiger partial charge < -0.3 is 14.8 Å². The molecule has 9 heteroatoms. The average molecular weight is 414 g/mol. The molecular formula is C21H31N7O2. The van der Waals surface area contributed by atoms with E-state index in [2.05, 4.69) is 35.4 Å². The van der Waals surface area contributed by atoms with Gasteiger partial charge in [-0.25, -0.2) is 15.0 Å². The minimum absolute atomic E-state index is 0.552. The fourth-order valence-corrected chi connectivity index (χ4v) is 3.72. The zero-order valence-corrected chi connectivity index (χ0v) is 17.9. The van der Waals surface area contributed by atoms with Crippen molar-refractivity contribution < 1.29 is 9.47 Å². The minimum Gasteiger partial charge on any atom is -0.494 e. The Bertz CT molecular complexity index is 883. The van der Waals surface area contributed by atoms with E-state index >= 15 is 0 Å². The largest absolute Gasteiger partial charge is 0.494 e. The zero-order chi connectivity index (χ0) is 20.8. The molecule has 1 saturated heterocycles. The maximum Gasteiger partial charge on any atom is 0.230 e. The Morgan fingerprint density at radius 3 is 2.77 bits per heavy atom. The molecule has 162 valence electrons. The van der Waals surface area contributed by atoms with Gasteiger partial charge >= 0.3 is 0 Å². The molecule has 0 unspecified atom stereocenters. The van der Waals surface area contributed by atoms with Crippen molar-refractivity contribution in [2.75, 3.05) is 64.7 Å². The number of anilines is 1. The Morgan fingerprint density at radius 2 is 2.00 bits per heavy atom. The van der Waals surface area contributed by atoms with Crippen molar-refractivity contribution in [2.24, 2.45) is 4.99 Å². The SMILES string of the molecule is CCOc1ccc2nc(NC3=NCN(CCCN4CCOCC4)CN3)nc(C)c2c1. The summed E-state index contributed by atoms with van der Waals surface area (Å²) in [5.74, 6) is 2.10. The lowest BCUT2D eigenvalue weighted by atomic mass is 10.2. The summed E-state index contributed by atoms with van der Waals surface area (Å²) < 4.78 is 11.0. The van der Waals surface area contributed by atoms with E-state index in [1.807, 2.05) is 32.0 Å². The van der Waals surface area contributed by atoms with Gasteiger partial charge in [-0.15, -0.1) is 0 Å². The third kappa shape index (κ3) is 5.35. The molecule has 1 aromatic carbocycles. The summed E-state index contributed by atoms with van der Waals surface area (Å²) in [4.78, 5) is 18.6. The number of aromatic nitrogens is 2. The molecule has 0 amide bonds. The van der Waals surface area contributed by atoms with E-state index < -0.39 is 0 Å². The second-order valence-electron chi connectivity index (χ2n) is 7.55. The second-order valence-corrected chi connectivity index (χ2v) is 7.55. The van der Waals surface area contributed by atoms with Gasteiger partial charge in [0.15, 0.2) is 0 Å². The molecule has 30 heavy (non-hydrogen) atoms. The molecule has 0 radical (unpaired) electrons. The van der Waals surface area contributed by atoms with Gasteiger partial charge in [-0.05, 0) is 45.0 Å². The van der Waals surface area contributed by atoms with Crippen LogP contribution < -0.4 is 15.4 Å². The molecule has 0 bridgehead atoms. The fraction of sp³-hybridized carbons (Fsp3) is 0.571. The van der Waals surface area contributed by atoms with Crippen LogP contribution in [0.5, 0.6) is 5.75 Å². The van der Waals surface area contributed by atoms with Crippen LogP contribution in [-0.4, -0.2) is 85.1 Å². The second kappa shape index (κ2) is 10.0. The third-order valence-electron chi connectivity index (χ3n) is 5.35. The zero-order valence-electron chi connectivity index (χ0n) is 17.9. The summed E-state index contributed by atoms with van der Waals surface area (Å²) in [5.41, 5.74) is 1.79. The molecule has 1 aromatic heterocycles. The summed E-state index contributed by atoms with van der Waals surface area (Å²) in [6, 6.07) is 5.89. The lowest BCUT2D eigenvalue weighted by Crippen LogP contribution is -2.47. The Balaban J connectivity index is 1.30. The molecule has 0 spiro atoms. The summed E-state index contributed by atoms with van der Waals surface area (Å²) in [5, 5.41) is 7.55. The molecular weight excluding hydrogens is 382 g/mol. The maximum absolute atomic E-state index is 5.58. The predicted molar refractivity (Wildman–Crippen MR) is 118 cm³/mol. The van der Waals surface area contributed by atoms with Gasteiger partial charge in [0.25, 0.3) is 0 Å². The molecule has 9 nitrogen and oxygen atoms in total. The predicted octanol–water partition coefficient (Wildman–Crippen LogP) is 1.65. The molecule has 2 aromatic rings. The summed E-state index contributed by atoms with van der Waals surface area (Å²) in [6.07, 6.45) is 1.14. The van der Waals surface area contributed by atoms with E-state index in [1.54, 1.807) is 0 Å². The molecule has 0 atom stereocenters. The third-order valence-corrected chi connectivity index (χ3v) is 5.35. The average Bonchev–Trinajstić information content (AvgIpc) is 2.76. The highest BCUT2D eigenvalue weighted by Gasteiger charge is 2.15. The topological polar surface area (TPSA) is 87.1 Å². The summed E-state index contributed by atoms with van der Waals surface area (Å²) >= 11 is 0. The van der Waals surface area contributed by atoms with Crippen molar-refractivity contribution in [3.8, 4) is 5.75 Å². The Hall–Kier alpha value is -2.49. The van der Waals surface area contributed by atoms with Crippen LogP contribution in [-0.2, 0) is 4.74 Å². The van der Waals surface area contributed by atoms with E-state index in [4.69, 9.17) is 9.47 Å². The van der Waals surface area contributed by atoms with Crippen LogP contribution in [0.2, 0.25) is 0 Å². The van der Waals surface area contributed by atoms with Gasteiger partial charge in [0.2, 0.25) is 11.9 Å². The number of ether oxygens (including phenoxy) is 2. The smallest absolute Gasteiger partial charge is 0.230 e. The van der Waals surface area contributed by atoms with E-state index in [0.29, 0.717) is 25.2 Å². The van der Waals surface area contributed by atoms with E-state index in [1.165, 1.54) is 0 Å². The number of guanidine groups is 1. The lowest BCUT2D eigenvalue weighted by molar-refractivity contribution is 0.0360. The van der Waals surface area contributed by atoms with Crippen LogP contribution in [0.25, 0.3) is 10.9 Å². The van der Waals surface area contributed by atoms with Crippen LogP contribution in [0.15, 0.2) is 23.2 Å². The number of aliphatic imine (C=N–C) groups is 1. The van der Waals surface area contributed by atoms with Crippen molar-refractivity contribution in [3.05, 3.63) is 23.9 Å². The van der Waals surface area contributed by atoms with Gasteiger partial charge in [0.1, 0.15) is 5.75 Å². The molecule has 1 fully saturated rings. The van der Waals surface area contributed by atoms with Crippen LogP contribution in [0.3, 0.4) is 0 Å². The molecule has 2 N–H and O–H groups in total. The number of hydrogen-bond acceptors (Lipinski definition) is 9. The first kappa shape index (κ1) is 20.8. The van der Waals surface area contributed by atoms with Crippen LogP contribution >= 0.6 is 0 Å². The van der Waals surface area contributed by atoms with Crippen LogP contribution in [0.4, 0.5) is 5.95 Å². The van der Waals surface area contributed by atoms with Crippen molar-refractivity contribution >= 4 is 22.8 Å². The van der Waals surface area contributed by atoms with Gasteiger partial charge in [-0.2, -0.15) is 0 Å². The number of benzene rings is 1. The first-order valence-corrected chi connectivity index (χ1v) is 10.7. The molecule has 0 saturated carbocycles. The van der Waals surface area contributed by atoms with E-state index in [-0.39, 0.29) is 0 Å². The normalized spacial score (nSPS) is 18.1. The van der Waals surface area contributed by atoms with Crippen molar-refractivity contribution in [3.63, 3.8) is 0 Å². The number of nitrogens with zero attached hydrogens (tertiary/aromatic N) is 5. The van der Waals surface area contributed by atoms with Crippen molar-refractivity contribution in [2.45, 2.75) is 20.3 Å². The Kier molecular flexibility index (Phi) is 6.93. The molecule has 3 heterocycles. The highest BCUT2D eigenvalue weighted by molar-refractivity contribution is 5.93. The first-order valence-electron chi connectivity index (χ1n) is 10.7. The Morgan fingerprint density at radius 1 is 1.17 bits per heavy atom. The van der Waals surface area contributed by atoms with E-state index in [0.717, 1.165) is 74.8 Å². The number of aryl methyl sites for hydroxylation is 1.